The van der Waals surface area contributed by atoms with Gasteiger partial charge in [0.05, 0.1) is 0 Å². The van der Waals surface area contributed by atoms with Gasteiger partial charge in [-0.2, -0.15) is 0 Å². The molecule has 0 aromatic rings. The molecule has 0 aromatic heterocycles. The quantitative estimate of drug-likeness (QED) is 0.447. The summed E-state index contributed by atoms with van der Waals surface area (Å²) in [5.74, 6) is 0. The smallest absolute Gasteiger partial charge is 0 e. The van der Waals surface area contributed by atoms with Crippen molar-refractivity contribution >= 4 is 0 Å². The van der Waals surface area contributed by atoms with Crippen molar-refractivity contribution in [3.63, 3.8) is 0 Å². The van der Waals surface area contributed by atoms with Crippen LogP contribution in [-0.2, 0) is 0 Å². The molecule has 1 saturated carbocycles. The molecular weight excluding hydrogens is 100 g/mol. The van der Waals surface area contributed by atoms with Crippen LogP contribution < -0.4 is 0 Å². The van der Waals surface area contributed by atoms with Crippen molar-refractivity contribution in [2.75, 3.05) is 0 Å². The van der Waals surface area contributed by atoms with Crippen molar-refractivity contribution in [2.45, 2.75) is 32.1 Å². The SMILES string of the molecule is C1CCCC1.[Ar]. The van der Waals surface area contributed by atoms with Gasteiger partial charge in [-0.05, 0) is 0 Å². The van der Waals surface area contributed by atoms with Crippen molar-refractivity contribution in [1.29, 1.82) is 0 Å². The molecular formula is C5H10Ar. The van der Waals surface area contributed by atoms with Crippen LogP contribution in [0.2, 0.25) is 0 Å². The number of rotatable bonds is 0. The van der Waals surface area contributed by atoms with Crippen molar-refractivity contribution in [1.82, 2.24) is 0 Å². The molecule has 0 saturated heterocycles. The Morgan fingerprint density at radius 3 is 0.833 bits per heavy atom. The summed E-state index contributed by atoms with van der Waals surface area (Å²) in [4.78, 5) is 0. The second-order valence-corrected chi connectivity index (χ2v) is 1.77. The molecule has 1 heteroatoms. The van der Waals surface area contributed by atoms with Gasteiger partial charge < -0.3 is 0 Å². The van der Waals surface area contributed by atoms with E-state index in [1.54, 1.807) is 0 Å². The standard InChI is InChI=1S/C5H10.Ar/c1-2-4-5-3-1;/h1-5H2;. The zero-order valence-corrected chi connectivity index (χ0v) is 4.60. The Morgan fingerprint density at radius 2 is 0.667 bits per heavy atom. The molecule has 0 heterocycles. The fourth-order valence-corrected chi connectivity index (χ4v) is 0.884. The van der Waals surface area contributed by atoms with Crippen molar-refractivity contribution in [2.24, 2.45) is 0 Å². The summed E-state index contributed by atoms with van der Waals surface area (Å²) < 4.78 is 0. The Kier molecular flexibility index (Phi) is 5.35. The Labute approximate surface area is 69.3 Å². The Bertz CT molecular complexity index is 15.5. The molecule has 0 unspecified atom stereocenters. The molecule has 1 rings (SSSR count). The molecule has 6 heavy (non-hydrogen) atoms. The van der Waals surface area contributed by atoms with Crippen LogP contribution in [-0.4, -0.2) is 0 Å². The van der Waals surface area contributed by atoms with Gasteiger partial charge in [0.15, 0.2) is 0 Å². The first-order valence-electron chi connectivity index (χ1n) is 2.50. The first-order chi connectivity index (χ1) is 2.50. The molecule has 0 radical (unpaired) electrons. The normalized spacial score (nSPS) is 20.0. The van der Waals surface area contributed by atoms with E-state index >= 15 is 0 Å². The van der Waals surface area contributed by atoms with Gasteiger partial charge in [0.25, 0.3) is 0 Å². The third-order valence-electron chi connectivity index (χ3n) is 1.25. The van der Waals surface area contributed by atoms with Crippen LogP contribution in [0.5, 0.6) is 0 Å². The Balaban J connectivity index is 0.000000250. The molecule has 0 aromatic carbocycles. The largest absolute Gasteiger partial charge is 0.0533 e. The van der Waals surface area contributed by atoms with E-state index in [1.165, 1.54) is 32.1 Å². The molecule has 0 atom stereocenters. The summed E-state index contributed by atoms with van der Waals surface area (Å²) >= 11 is 0. The summed E-state index contributed by atoms with van der Waals surface area (Å²) in [6.45, 7) is 0. The van der Waals surface area contributed by atoms with E-state index in [0.717, 1.165) is 0 Å². The van der Waals surface area contributed by atoms with Gasteiger partial charge in [-0.25, -0.2) is 0 Å². The number of hydrogen-bond donors (Lipinski definition) is 0. The Morgan fingerprint density at radius 1 is 0.500 bits per heavy atom. The van der Waals surface area contributed by atoms with E-state index in [9.17, 15) is 0 Å². The molecule has 0 bridgehead atoms. The van der Waals surface area contributed by atoms with E-state index < -0.39 is 0 Å². The summed E-state index contributed by atoms with van der Waals surface area (Å²) in [6, 6.07) is 0. The van der Waals surface area contributed by atoms with Crippen LogP contribution in [0.3, 0.4) is 0 Å². The van der Waals surface area contributed by atoms with Crippen molar-refractivity contribution in [3.8, 4) is 0 Å². The minimum absolute atomic E-state index is 0. The second-order valence-electron chi connectivity index (χ2n) is 1.77. The van der Waals surface area contributed by atoms with Gasteiger partial charge in [0, 0.05) is 37.7 Å². The molecule has 1 aliphatic rings. The summed E-state index contributed by atoms with van der Waals surface area (Å²) in [7, 11) is 0. The fraction of sp³-hybridized carbons (Fsp3) is 1.00. The van der Waals surface area contributed by atoms with Gasteiger partial charge in [-0.1, -0.05) is 32.1 Å². The van der Waals surface area contributed by atoms with Gasteiger partial charge in [0.1, 0.15) is 0 Å². The third-order valence-corrected chi connectivity index (χ3v) is 1.25. The number of hydrogen-bond acceptors (Lipinski definition) is 0. The monoisotopic (exact) mass is 110 g/mol. The third kappa shape index (κ3) is 2.44. The van der Waals surface area contributed by atoms with Crippen LogP contribution in [0.4, 0.5) is 0 Å². The van der Waals surface area contributed by atoms with E-state index in [-0.39, 0.29) is 37.7 Å². The van der Waals surface area contributed by atoms with Crippen LogP contribution in [0.15, 0.2) is 0 Å². The molecule has 0 aliphatic heterocycles. The Hall–Kier alpha value is 1.26. The molecule has 1 fully saturated rings. The molecule has 0 N–H and O–H groups in total. The van der Waals surface area contributed by atoms with E-state index in [0.29, 0.717) is 0 Å². The van der Waals surface area contributed by atoms with Gasteiger partial charge >= 0.3 is 0 Å². The zero-order valence-electron chi connectivity index (χ0n) is 3.89. The second kappa shape index (κ2) is 4.42. The maximum Gasteiger partial charge on any atom is 0 e. The molecule has 1 aliphatic carbocycles. The van der Waals surface area contributed by atoms with Crippen LogP contribution in [0, 0.1) is 37.7 Å². The van der Waals surface area contributed by atoms with Crippen LogP contribution in [0.1, 0.15) is 32.1 Å². The van der Waals surface area contributed by atoms with E-state index in [4.69, 9.17) is 0 Å². The summed E-state index contributed by atoms with van der Waals surface area (Å²) in [5, 5.41) is 0. The predicted molar refractivity (Wildman–Crippen MR) is 23.1 cm³/mol. The van der Waals surface area contributed by atoms with Gasteiger partial charge in [-0.15, -0.1) is 0 Å². The zero-order chi connectivity index (χ0) is 3.54. The molecule has 0 nitrogen and oxygen atoms in total. The predicted octanol–water partition coefficient (Wildman–Crippen LogP) is 1.95. The molecule has 0 amide bonds. The van der Waals surface area contributed by atoms with Crippen LogP contribution in [0.25, 0.3) is 0 Å². The molecule has 38 valence electrons. The molecule has 0 spiro atoms. The van der Waals surface area contributed by atoms with E-state index in [2.05, 4.69) is 0 Å². The van der Waals surface area contributed by atoms with Crippen molar-refractivity contribution in [3.05, 3.63) is 0 Å². The average Bonchev–Trinajstić information content (AvgIpc) is 1.76. The summed E-state index contributed by atoms with van der Waals surface area (Å²) in [5.41, 5.74) is 0. The van der Waals surface area contributed by atoms with Gasteiger partial charge in [-0.3, -0.25) is 0 Å². The topological polar surface area (TPSA) is 0 Å². The van der Waals surface area contributed by atoms with E-state index in [1.807, 2.05) is 0 Å². The maximum atomic E-state index is 1.50. The van der Waals surface area contributed by atoms with Crippen LogP contribution >= 0.6 is 0 Å². The maximum absolute atomic E-state index is 1.50. The first-order valence-corrected chi connectivity index (χ1v) is 2.50. The first kappa shape index (κ1) is 7.26. The van der Waals surface area contributed by atoms with Crippen molar-refractivity contribution < 1.29 is 37.7 Å². The average molecular weight is 110 g/mol. The van der Waals surface area contributed by atoms with Gasteiger partial charge in [0.2, 0.25) is 0 Å². The summed E-state index contributed by atoms with van der Waals surface area (Å²) in [6.07, 6.45) is 7.50. The minimum Gasteiger partial charge on any atom is -0.0533 e. The fourth-order valence-electron chi connectivity index (χ4n) is 0.884. The minimum atomic E-state index is 0.